The topological polar surface area (TPSA) is 68.3 Å². The molecule has 0 aromatic heterocycles. The Hall–Kier alpha value is -2.88. The van der Waals surface area contributed by atoms with Gasteiger partial charge in [-0.25, -0.2) is 0 Å². The molecule has 0 spiro atoms. The van der Waals surface area contributed by atoms with E-state index in [9.17, 15) is 19.2 Å². The van der Waals surface area contributed by atoms with Gasteiger partial charge < -0.3 is 0 Å². The van der Waals surface area contributed by atoms with Crippen LogP contribution in [0.5, 0.6) is 0 Å². The largest absolute Gasteiger partial charge is 0.293 e. The summed E-state index contributed by atoms with van der Waals surface area (Å²) in [5.41, 5.74) is -2.32. The third-order valence-corrected chi connectivity index (χ3v) is 5.65. The Morgan fingerprint density at radius 3 is 0.917 bits per heavy atom. The SMILES string of the molecule is CC1(C2(C)C(=O)c3ccccc3C2=O)C(=O)c2ccccc2C1=O. The smallest absolute Gasteiger partial charge is 0.178 e. The van der Waals surface area contributed by atoms with Crippen LogP contribution in [-0.4, -0.2) is 23.1 Å². The molecule has 0 saturated heterocycles. The second-order valence-corrected chi connectivity index (χ2v) is 6.66. The van der Waals surface area contributed by atoms with Gasteiger partial charge in [0.15, 0.2) is 23.1 Å². The lowest BCUT2D eigenvalue weighted by atomic mass is 9.60. The summed E-state index contributed by atoms with van der Waals surface area (Å²) in [6.07, 6.45) is 0. The molecular formula is C20H14O4. The Morgan fingerprint density at radius 1 is 0.500 bits per heavy atom. The summed E-state index contributed by atoms with van der Waals surface area (Å²) in [5.74, 6) is -1.83. The maximum Gasteiger partial charge on any atom is 0.178 e. The summed E-state index contributed by atoms with van der Waals surface area (Å²) < 4.78 is 0. The molecule has 0 heterocycles. The van der Waals surface area contributed by atoms with E-state index >= 15 is 0 Å². The molecule has 0 N–H and O–H groups in total. The summed E-state index contributed by atoms with van der Waals surface area (Å²) in [5, 5.41) is 0. The van der Waals surface area contributed by atoms with Gasteiger partial charge in [-0.3, -0.25) is 19.2 Å². The maximum atomic E-state index is 13.0. The lowest BCUT2D eigenvalue weighted by molar-refractivity contribution is 0.0366. The van der Waals surface area contributed by atoms with Crippen LogP contribution >= 0.6 is 0 Å². The van der Waals surface area contributed by atoms with Gasteiger partial charge in [0.1, 0.15) is 10.8 Å². The summed E-state index contributed by atoms with van der Waals surface area (Å²) in [7, 11) is 0. The van der Waals surface area contributed by atoms with E-state index < -0.39 is 34.0 Å². The summed E-state index contributed by atoms with van der Waals surface area (Å²) in [6, 6.07) is 13.0. The number of benzene rings is 2. The van der Waals surface area contributed by atoms with E-state index in [1.165, 1.54) is 13.8 Å². The predicted octanol–water partition coefficient (Wildman–Crippen LogP) is 3.16. The lowest BCUT2D eigenvalue weighted by Crippen LogP contribution is -2.52. The molecule has 0 amide bonds. The summed E-state index contributed by atoms with van der Waals surface area (Å²) >= 11 is 0. The minimum Gasteiger partial charge on any atom is -0.293 e. The fourth-order valence-corrected chi connectivity index (χ4v) is 3.95. The average molecular weight is 318 g/mol. The molecule has 0 unspecified atom stereocenters. The van der Waals surface area contributed by atoms with Crippen molar-refractivity contribution in [3.63, 3.8) is 0 Å². The van der Waals surface area contributed by atoms with Gasteiger partial charge in [0.05, 0.1) is 0 Å². The molecule has 0 aliphatic heterocycles. The molecule has 2 aromatic carbocycles. The molecule has 0 atom stereocenters. The first-order valence-electron chi connectivity index (χ1n) is 7.72. The zero-order valence-corrected chi connectivity index (χ0v) is 13.3. The van der Waals surface area contributed by atoms with Crippen LogP contribution in [0.2, 0.25) is 0 Å². The van der Waals surface area contributed by atoms with Crippen LogP contribution in [0.15, 0.2) is 48.5 Å². The first kappa shape index (κ1) is 14.7. The van der Waals surface area contributed by atoms with E-state index in [0.29, 0.717) is 0 Å². The van der Waals surface area contributed by atoms with Crippen molar-refractivity contribution in [3.8, 4) is 0 Å². The molecule has 4 heteroatoms. The Bertz CT molecular complexity index is 818. The highest BCUT2D eigenvalue weighted by atomic mass is 16.2. The van der Waals surface area contributed by atoms with Gasteiger partial charge in [0.2, 0.25) is 0 Å². The first-order chi connectivity index (χ1) is 11.3. The second kappa shape index (κ2) is 4.35. The zero-order valence-electron chi connectivity index (χ0n) is 13.3. The second-order valence-electron chi connectivity index (χ2n) is 6.66. The van der Waals surface area contributed by atoms with Crippen LogP contribution in [0.3, 0.4) is 0 Å². The number of carbonyl (C=O) groups is 4. The number of carbonyl (C=O) groups excluding carboxylic acids is 4. The molecule has 2 aliphatic rings. The number of hydrogen-bond acceptors (Lipinski definition) is 4. The third kappa shape index (κ3) is 1.35. The van der Waals surface area contributed by atoms with E-state index in [1.807, 2.05) is 0 Å². The lowest BCUT2D eigenvalue weighted by Gasteiger charge is -2.35. The normalized spacial score (nSPS) is 20.2. The molecular weight excluding hydrogens is 304 g/mol. The van der Waals surface area contributed by atoms with Crippen LogP contribution in [0.25, 0.3) is 0 Å². The van der Waals surface area contributed by atoms with E-state index in [-0.39, 0.29) is 22.3 Å². The molecule has 0 radical (unpaired) electrons. The zero-order chi connectivity index (χ0) is 17.3. The molecule has 2 aromatic rings. The van der Waals surface area contributed by atoms with Crippen molar-refractivity contribution >= 4 is 23.1 Å². The fraction of sp³-hybridized carbons (Fsp3) is 0.200. The van der Waals surface area contributed by atoms with Crippen molar-refractivity contribution in [1.29, 1.82) is 0 Å². The van der Waals surface area contributed by atoms with Gasteiger partial charge in [0, 0.05) is 22.3 Å². The Balaban J connectivity index is 1.97. The van der Waals surface area contributed by atoms with E-state index in [1.54, 1.807) is 48.5 Å². The minimum atomic E-state index is -1.72. The molecule has 118 valence electrons. The minimum absolute atomic E-state index is 0.280. The predicted molar refractivity (Wildman–Crippen MR) is 86.4 cm³/mol. The van der Waals surface area contributed by atoms with Gasteiger partial charge >= 0.3 is 0 Å². The van der Waals surface area contributed by atoms with Gasteiger partial charge in [-0.2, -0.15) is 0 Å². The molecule has 24 heavy (non-hydrogen) atoms. The van der Waals surface area contributed by atoms with E-state index in [0.717, 1.165) is 0 Å². The highest BCUT2D eigenvalue weighted by Crippen LogP contribution is 2.54. The molecule has 0 bridgehead atoms. The highest BCUT2D eigenvalue weighted by molar-refractivity contribution is 6.39. The van der Waals surface area contributed by atoms with Crippen molar-refractivity contribution in [2.75, 3.05) is 0 Å². The van der Waals surface area contributed by atoms with Gasteiger partial charge in [-0.1, -0.05) is 48.5 Å². The van der Waals surface area contributed by atoms with Crippen LogP contribution in [0, 0.1) is 10.8 Å². The van der Waals surface area contributed by atoms with E-state index in [4.69, 9.17) is 0 Å². The Morgan fingerprint density at radius 2 is 0.708 bits per heavy atom. The van der Waals surface area contributed by atoms with Gasteiger partial charge in [-0.15, -0.1) is 0 Å². The monoisotopic (exact) mass is 318 g/mol. The van der Waals surface area contributed by atoms with Crippen LogP contribution < -0.4 is 0 Å². The molecule has 4 rings (SSSR count). The van der Waals surface area contributed by atoms with Crippen molar-refractivity contribution in [2.24, 2.45) is 10.8 Å². The Labute approximate surface area is 138 Å². The third-order valence-electron chi connectivity index (χ3n) is 5.65. The fourth-order valence-electron chi connectivity index (χ4n) is 3.95. The molecule has 4 nitrogen and oxygen atoms in total. The van der Waals surface area contributed by atoms with E-state index in [2.05, 4.69) is 0 Å². The molecule has 2 aliphatic carbocycles. The number of fused-ring (bicyclic) bond motifs is 2. The first-order valence-corrected chi connectivity index (χ1v) is 7.72. The van der Waals surface area contributed by atoms with Gasteiger partial charge in [0.25, 0.3) is 0 Å². The summed E-state index contributed by atoms with van der Waals surface area (Å²) in [6.45, 7) is 2.86. The van der Waals surface area contributed by atoms with Crippen LogP contribution in [-0.2, 0) is 0 Å². The number of rotatable bonds is 1. The standard InChI is InChI=1S/C20H14O4/c1-19(15(21)11-7-3-4-8-12(11)16(19)22)20(2)17(23)13-9-5-6-10-14(13)18(20)24/h3-10H,1-2H3. The quantitative estimate of drug-likeness (QED) is 0.757. The average Bonchev–Trinajstić information content (AvgIpc) is 2.94. The summed E-state index contributed by atoms with van der Waals surface area (Å²) in [4.78, 5) is 52.2. The van der Waals surface area contributed by atoms with Crippen molar-refractivity contribution in [2.45, 2.75) is 13.8 Å². The maximum absolute atomic E-state index is 13.0. The highest BCUT2D eigenvalue weighted by Gasteiger charge is 2.68. The molecule has 0 saturated carbocycles. The van der Waals surface area contributed by atoms with Gasteiger partial charge in [-0.05, 0) is 13.8 Å². The van der Waals surface area contributed by atoms with Crippen molar-refractivity contribution in [3.05, 3.63) is 70.8 Å². The van der Waals surface area contributed by atoms with Crippen LogP contribution in [0.4, 0.5) is 0 Å². The van der Waals surface area contributed by atoms with Crippen LogP contribution in [0.1, 0.15) is 55.3 Å². The van der Waals surface area contributed by atoms with Crippen molar-refractivity contribution < 1.29 is 19.2 Å². The van der Waals surface area contributed by atoms with Crippen molar-refractivity contribution in [1.82, 2.24) is 0 Å². The number of hydrogen-bond donors (Lipinski definition) is 0. The Kier molecular flexibility index (Phi) is 2.66. The molecule has 0 fully saturated rings. The number of ketones is 4. The number of Topliss-reactive ketones (excluding diaryl/α,β-unsaturated/α-hetero) is 4.